The maximum Gasteiger partial charge on any atom is 0.409 e. The van der Waals surface area contributed by atoms with Crippen LogP contribution in [0, 0.1) is 11.8 Å². The molecule has 3 N–H and O–H groups in total. The molecule has 1 aromatic rings. The Morgan fingerprint density at radius 1 is 1.24 bits per heavy atom. The van der Waals surface area contributed by atoms with Crippen molar-refractivity contribution in [1.29, 1.82) is 0 Å². The number of methoxy groups -OCH3 is 2. The number of rotatable bonds is 8. The summed E-state index contributed by atoms with van der Waals surface area (Å²) >= 11 is 8.35. The first-order valence-electron chi connectivity index (χ1n) is 18.5. The first kappa shape index (κ1) is 46.1. The van der Waals surface area contributed by atoms with Crippen molar-refractivity contribution in [1.82, 2.24) is 10.2 Å². The number of halogens is 1. The molecule has 0 spiro atoms. The summed E-state index contributed by atoms with van der Waals surface area (Å²) in [6, 6.07) is 3.00. The van der Waals surface area contributed by atoms with E-state index in [2.05, 4.69) is 19.2 Å². The van der Waals surface area contributed by atoms with Gasteiger partial charge in [-0.2, -0.15) is 11.8 Å². The van der Waals surface area contributed by atoms with Gasteiger partial charge in [0.15, 0.2) is 5.72 Å². The van der Waals surface area contributed by atoms with Crippen LogP contribution in [0.15, 0.2) is 35.9 Å². The van der Waals surface area contributed by atoms with Gasteiger partial charge in [-0.1, -0.05) is 63.1 Å². The maximum atomic E-state index is 13.4. The zero-order valence-electron chi connectivity index (χ0n) is 34.2. The van der Waals surface area contributed by atoms with E-state index in [-0.39, 0.29) is 47.3 Å². The van der Waals surface area contributed by atoms with E-state index in [0.29, 0.717) is 29.3 Å². The summed E-state index contributed by atoms with van der Waals surface area (Å²) in [6.45, 7) is 13.5. The minimum absolute atomic E-state index is 0.0585. The summed E-state index contributed by atoms with van der Waals surface area (Å²) in [5.41, 5.74) is 0.241. The number of nitrogens with zero attached hydrogens (tertiary/aromatic N) is 2. The van der Waals surface area contributed by atoms with Crippen LogP contribution < -0.4 is 15.0 Å². The number of alkyl carbamates (subject to hydrolysis) is 1. The molecule has 55 heavy (non-hydrogen) atoms. The molecule has 3 amide bonds. The Morgan fingerprint density at radius 2 is 1.89 bits per heavy atom. The molecule has 1 unspecified atom stereocenters. The van der Waals surface area contributed by atoms with Gasteiger partial charge in [-0.3, -0.25) is 14.9 Å². The van der Waals surface area contributed by atoms with Crippen molar-refractivity contribution in [2.24, 2.45) is 11.8 Å². The molecule has 0 saturated carbocycles. The van der Waals surface area contributed by atoms with Crippen LogP contribution in [-0.4, -0.2) is 114 Å². The fraction of sp³-hybridized carbons (Fsp3) is 0.650. The summed E-state index contributed by atoms with van der Waals surface area (Å²) in [6.07, 6.45) is 7.07. The highest BCUT2D eigenvalue weighted by Crippen LogP contribution is 2.50. The Labute approximate surface area is 335 Å². The fourth-order valence-corrected chi connectivity index (χ4v) is 7.37. The van der Waals surface area contributed by atoms with Gasteiger partial charge in [0.1, 0.15) is 29.0 Å². The van der Waals surface area contributed by atoms with Crippen LogP contribution >= 0.6 is 23.4 Å². The minimum atomic E-state index is -1.67. The molecule has 3 aliphatic rings. The Hall–Kier alpha value is -3.30. The highest BCUT2D eigenvalue weighted by molar-refractivity contribution is 7.99. The first-order chi connectivity index (χ1) is 25.5. The van der Waals surface area contributed by atoms with Crippen molar-refractivity contribution in [3.63, 3.8) is 0 Å². The number of amides is 3. The molecule has 8 atom stereocenters. The molecule has 0 aliphatic carbocycles. The standard InChI is InChI=1S/C29H39ClN2O7.C11H21NO3S/c1-16-9-8-10-23(37-7)29(35)15-22(38-27(34)31-29)18(3)26-28(4,39-26)17(2)12-24(33)32(5)20-13-19(11-16)14-21(36-6)25(20)30;1-8(10(14)15)12(4)9(13)6-7-11(2,3)16-5/h8-10,13-14,17-18,22-23,26,35H,11-12,15H2,1-7H3,(H,31,34);8H,6-7H2,1-5H3,(H,14,15)/b10-8+,16-9+;/t17?,18-,22+,23-,26+,28+,29+;8-/m10/s1. The van der Waals surface area contributed by atoms with Crippen LogP contribution in [0.1, 0.15) is 79.7 Å². The average molecular weight is 810 g/mol. The lowest BCUT2D eigenvalue weighted by Crippen LogP contribution is -2.63. The molecule has 0 radical (unpaired) electrons. The van der Waals surface area contributed by atoms with E-state index in [1.807, 2.05) is 52.2 Å². The molecule has 0 aromatic heterocycles. The third kappa shape index (κ3) is 11.4. The predicted octanol–water partition coefficient (Wildman–Crippen LogP) is 6.23. The lowest BCUT2D eigenvalue weighted by molar-refractivity contribution is -0.148. The van der Waals surface area contributed by atoms with Gasteiger partial charge in [0.05, 0.1) is 24.5 Å². The monoisotopic (exact) mass is 809 g/mol. The van der Waals surface area contributed by atoms with E-state index in [9.17, 15) is 24.3 Å². The second kappa shape index (κ2) is 18.8. The smallest absolute Gasteiger partial charge is 0.409 e. The fourth-order valence-electron chi connectivity index (χ4n) is 6.76. The van der Waals surface area contributed by atoms with Gasteiger partial charge in [0.2, 0.25) is 11.8 Å². The van der Waals surface area contributed by atoms with Gasteiger partial charge in [-0.05, 0) is 63.5 Å². The SMILES string of the molecule is COc1cc2cc(c1Cl)N(C)C(=O)CC(C)[C@]1(C)O[C@H]1[C@H](C)[C@@H]1C[C@@](O)(NC(=O)O1)[C@H](OC)/C=C/C=C(\C)C2.CSC(C)(C)CCC(=O)N(C)[C@@H](C)C(=O)O. The minimum Gasteiger partial charge on any atom is -0.495 e. The second-order valence-electron chi connectivity index (χ2n) is 15.7. The molecule has 1 aromatic carbocycles. The second-order valence-corrected chi connectivity index (χ2v) is 17.6. The molecular formula is C40H60ClN3O10S. The van der Waals surface area contributed by atoms with E-state index >= 15 is 0 Å². The van der Waals surface area contributed by atoms with E-state index in [1.165, 1.54) is 26.0 Å². The number of carboxylic acid groups (broad SMARTS) is 1. The van der Waals surface area contributed by atoms with Crippen LogP contribution in [0.2, 0.25) is 5.02 Å². The van der Waals surface area contributed by atoms with Crippen LogP contribution in [-0.2, 0) is 35.0 Å². The van der Waals surface area contributed by atoms with Gasteiger partial charge in [-0.25, -0.2) is 9.59 Å². The number of nitrogens with one attached hydrogen (secondary N) is 1. The van der Waals surface area contributed by atoms with Gasteiger partial charge >= 0.3 is 12.1 Å². The van der Waals surface area contributed by atoms with Crippen LogP contribution in [0.3, 0.4) is 0 Å². The number of carboxylic acids is 1. The highest BCUT2D eigenvalue weighted by atomic mass is 35.5. The number of ether oxygens (including phenoxy) is 4. The van der Waals surface area contributed by atoms with Gasteiger partial charge < -0.3 is 39.0 Å². The number of aliphatic carboxylic acids is 1. The third-order valence-corrected chi connectivity index (χ3v) is 12.9. The third-order valence-electron chi connectivity index (χ3n) is 11.2. The zero-order chi connectivity index (χ0) is 41.6. The first-order valence-corrected chi connectivity index (χ1v) is 20.1. The molecule has 3 aliphatic heterocycles. The number of carbonyl (C=O) groups is 4. The quantitative estimate of drug-likeness (QED) is 0.255. The van der Waals surface area contributed by atoms with Crippen molar-refractivity contribution in [2.45, 2.75) is 121 Å². The number of likely N-dealkylation sites (N-methyl/N-ethyl adjacent to an activating group) is 1. The summed E-state index contributed by atoms with van der Waals surface area (Å²) in [4.78, 5) is 51.2. The number of thioether (sulfide) groups is 1. The molecule has 4 rings (SSSR count). The number of hydrogen-bond acceptors (Lipinski definition) is 10. The number of anilines is 1. The average Bonchev–Trinajstić information content (AvgIpc) is 3.83. The molecule has 3 heterocycles. The van der Waals surface area contributed by atoms with Gasteiger partial charge in [0.25, 0.3) is 0 Å². The van der Waals surface area contributed by atoms with E-state index in [0.717, 1.165) is 17.6 Å². The van der Waals surface area contributed by atoms with Gasteiger partial charge in [-0.15, -0.1) is 0 Å². The molecule has 308 valence electrons. The molecular weight excluding hydrogens is 750 g/mol. The Kier molecular flexibility index (Phi) is 15.7. The number of epoxide rings is 1. The van der Waals surface area contributed by atoms with E-state index in [1.54, 1.807) is 43.0 Å². The van der Waals surface area contributed by atoms with Crippen molar-refractivity contribution >= 4 is 52.9 Å². The molecule has 13 nitrogen and oxygen atoms in total. The number of fused-ring (bicyclic) bond motifs is 5. The number of allylic oxidation sites excluding steroid dienone is 3. The van der Waals surface area contributed by atoms with Crippen molar-refractivity contribution in [2.75, 3.05) is 39.5 Å². The maximum absolute atomic E-state index is 13.4. The number of carbonyl (C=O) groups excluding carboxylic acids is 3. The van der Waals surface area contributed by atoms with Crippen molar-refractivity contribution in [3.8, 4) is 5.75 Å². The zero-order valence-corrected chi connectivity index (χ0v) is 35.8. The van der Waals surface area contributed by atoms with Crippen LogP contribution in [0.5, 0.6) is 5.75 Å². The van der Waals surface area contributed by atoms with Crippen LogP contribution in [0.25, 0.3) is 0 Å². The molecule has 2 saturated heterocycles. The summed E-state index contributed by atoms with van der Waals surface area (Å²) in [7, 11) is 6.28. The van der Waals surface area contributed by atoms with Crippen molar-refractivity contribution in [3.05, 3.63) is 46.5 Å². The molecule has 15 heteroatoms. The van der Waals surface area contributed by atoms with E-state index in [4.69, 9.17) is 35.7 Å². The van der Waals surface area contributed by atoms with E-state index < -0.39 is 41.6 Å². The van der Waals surface area contributed by atoms with Crippen LogP contribution in [0.4, 0.5) is 10.5 Å². The normalized spacial score (nSPS) is 30.5. The number of hydrogen-bond donors (Lipinski definition) is 3. The predicted molar refractivity (Wildman–Crippen MR) is 215 cm³/mol. The van der Waals surface area contributed by atoms with Crippen molar-refractivity contribution < 1.29 is 48.3 Å². The lowest BCUT2D eigenvalue weighted by Gasteiger charge is -2.42. The molecule has 4 bridgehead atoms. The Bertz CT molecular complexity index is 1640. The largest absolute Gasteiger partial charge is 0.495 e. The topological polar surface area (TPSA) is 167 Å². The lowest BCUT2D eigenvalue weighted by atomic mass is 9.81. The number of aliphatic hydroxyl groups is 1. The summed E-state index contributed by atoms with van der Waals surface area (Å²) in [5, 5.41) is 23.2. The summed E-state index contributed by atoms with van der Waals surface area (Å²) < 4.78 is 22.9. The number of benzene rings is 1. The Morgan fingerprint density at radius 3 is 2.47 bits per heavy atom. The summed E-state index contributed by atoms with van der Waals surface area (Å²) in [5.74, 6) is -1.07. The Balaban J connectivity index is 0.000000429. The van der Waals surface area contributed by atoms with Gasteiger partial charge in [0, 0.05) is 51.1 Å². The molecule has 2 fully saturated rings. The highest BCUT2D eigenvalue weighted by Gasteiger charge is 2.61.